The van der Waals surface area contributed by atoms with Crippen molar-refractivity contribution in [3.05, 3.63) is 145 Å². The molecule has 8 rings (SSSR count). The Morgan fingerprint density at radius 1 is 0.706 bits per heavy atom. The van der Waals surface area contributed by atoms with Crippen LogP contribution in [0.25, 0.3) is 55.5 Å². The molecule has 258 valence electrons. The second-order valence-corrected chi connectivity index (χ2v) is 19.5. The zero-order chi connectivity index (χ0) is 34.8. The molecule has 8 aromatic rings. The Bertz CT molecular complexity index is 2550. The number of imidazole rings is 1. The molecule has 0 spiro atoms. The maximum Gasteiger partial charge on any atom is 0.188 e. The molecule has 3 aromatic heterocycles. The second kappa shape index (κ2) is 13.2. The fourth-order valence-electron chi connectivity index (χ4n) is 7.41. The summed E-state index contributed by atoms with van der Waals surface area (Å²) in [4.78, 5) is 4.96. The molecule has 0 amide bonds. The van der Waals surface area contributed by atoms with Crippen molar-refractivity contribution in [3.63, 3.8) is 0 Å². The molecule has 0 bridgehead atoms. The van der Waals surface area contributed by atoms with Gasteiger partial charge in [0.2, 0.25) is 0 Å². The number of para-hydroxylation sites is 3. The summed E-state index contributed by atoms with van der Waals surface area (Å²) in [5.74, 6) is 1.32. The number of benzene rings is 5. The molecule has 0 saturated carbocycles. The molecule has 0 fully saturated rings. The molecule has 5 aromatic carbocycles. The molecule has 0 radical (unpaired) electrons. The van der Waals surface area contributed by atoms with Gasteiger partial charge in [-0.15, -0.1) is 17.5 Å². The van der Waals surface area contributed by atoms with Gasteiger partial charge in [-0.2, -0.15) is 40.7 Å². The summed E-state index contributed by atoms with van der Waals surface area (Å²) < 4.78 is 6.95. The Balaban J connectivity index is 0.00000406. The van der Waals surface area contributed by atoms with E-state index in [1.54, 1.807) is 0 Å². The Kier molecular flexibility index (Phi) is 9.02. The average molecular weight is 863 g/mol. The van der Waals surface area contributed by atoms with Gasteiger partial charge in [-0.3, -0.25) is 0 Å². The molecule has 6 heteroatoms. The van der Waals surface area contributed by atoms with Gasteiger partial charge in [0.1, 0.15) is 5.82 Å². The molecule has 3 heterocycles. The number of aromatic nitrogens is 4. The van der Waals surface area contributed by atoms with Crippen LogP contribution < -0.4 is 10.4 Å². The van der Waals surface area contributed by atoms with E-state index in [0.717, 1.165) is 22.5 Å². The van der Waals surface area contributed by atoms with Gasteiger partial charge in [-0.25, -0.2) is 14.1 Å². The van der Waals surface area contributed by atoms with Crippen molar-refractivity contribution in [1.82, 2.24) is 18.7 Å². The molecule has 4 nitrogen and oxygen atoms in total. The summed E-state index contributed by atoms with van der Waals surface area (Å²) >= 11 is 0. The first-order valence-corrected chi connectivity index (χ1v) is 20.6. The number of hydrogen-bond donors (Lipinski definition) is 0. The van der Waals surface area contributed by atoms with Crippen molar-refractivity contribution < 1.29 is 21.1 Å². The fourth-order valence-corrected chi connectivity index (χ4v) is 9.59. The minimum absolute atomic E-state index is 0. The number of nitrogens with zero attached hydrogens (tertiary/aromatic N) is 4. The summed E-state index contributed by atoms with van der Waals surface area (Å²) in [6.07, 6.45) is 4.17. The predicted octanol–water partition coefficient (Wildman–Crippen LogP) is 10.2. The number of hydrogen-bond acceptors (Lipinski definition) is 1. The van der Waals surface area contributed by atoms with Gasteiger partial charge in [0.15, 0.2) is 17.4 Å². The van der Waals surface area contributed by atoms with Gasteiger partial charge >= 0.3 is 0 Å². The molecule has 0 aliphatic heterocycles. The van der Waals surface area contributed by atoms with Crippen LogP contribution in [-0.4, -0.2) is 26.8 Å². The first-order chi connectivity index (χ1) is 24.0. The van der Waals surface area contributed by atoms with Crippen LogP contribution in [0, 0.1) is 12.1 Å². The van der Waals surface area contributed by atoms with Crippen LogP contribution >= 0.6 is 0 Å². The van der Waals surface area contributed by atoms with Crippen LogP contribution in [0.2, 0.25) is 13.1 Å². The van der Waals surface area contributed by atoms with Gasteiger partial charge in [0.05, 0.1) is 13.6 Å². The van der Waals surface area contributed by atoms with Crippen LogP contribution in [0.3, 0.4) is 0 Å². The van der Waals surface area contributed by atoms with E-state index in [1.807, 2.05) is 6.20 Å². The molecular formula is C45H43N4PtSi-. The maximum atomic E-state index is 4.96. The topological polar surface area (TPSA) is 27.7 Å². The van der Waals surface area contributed by atoms with Gasteiger partial charge < -0.3 is 4.57 Å². The third kappa shape index (κ3) is 6.01. The van der Waals surface area contributed by atoms with E-state index in [0.29, 0.717) is 5.92 Å². The maximum absolute atomic E-state index is 4.96. The largest absolute Gasteiger partial charge is 0.319 e. The van der Waals surface area contributed by atoms with Gasteiger partial charge in [0, 0.05) is 50.6 Å². The Hall–Kier alpha value is -4.57. The molecular weight excluding hydrogens is 820 g/mol. The van der Waals surface area contributed by atoms with E-state index in [1.165, 1.54) is 48.9 Å². The van der Waals surface area contributed by atoms with E-state index < -0.39 is 8.07 Å². The van der Waals surface area contributed by atoms with E-state index >= 15 is 0 Å². The summed E-state index contributed by atoms with van der Waals surface area (Å²) in [7, 11) is -2.26. The molecule has 0 N–H and O–H groups in total. The third-order valence-corrected chi connectivity index (χ3v) is 13.5. The number of pyridine rings is 1. The van der Waals surface area contributed by atoms with Gasteiger partial charge in [-0.05, 0) is 79.1 Å². The van der Waals surface area contributed by atoms with Crippen LogP contribution in [0.4, 0.5) is 0 Å². The Morgan fingerprint density at radius 2 is 1.39 bits per heavy atom. The molecule has 0 unspecified atom stereocenters. The summed E-state index contributed by atoms with van der Waals surface area (Å²) in [5.41, 5.74) is 9.36. The van der Waals surface area contributed by atoms with Crippen LogP contribution in [0.5, 0.6) is 0 Å². The van der Waals surface area contributed by atoms with E-state index in [9.17, 15) is 0 Å². The minimum atomic E-state index is -2.26. The smallest absolute Gasteiger partial charge is 0.188 e. The first-order valence-electron chi connectivity index (χ1n) is 17.6. The monoisotopic (exact) mass is 862 g/mol. The molecule has 51 heavy (non-hydrogen) atoms. The summed E-state index contributed by atoms with van der Waals surface area (Å²) in [6, 6.07) is 49.4. The fraction of sp³-hybridized carbons (Fsp3) is 0.200. The van der Waals surface area contributed by atoms with Crippen LogP contribution in [0.1, 0.15) is 46.1 Å². The van der Waals surface area contributed by atoms with E-state index in [2.05, 4.69) is 195 Å². The summed E-state index contributed by atoms with van der Waals surface area (Å²) in [6.45, 7) is 16.1. The van der Waals surface area contributed by atoms with Gasteiger partial charge in [-0.1, -0.05) is 74.9 Å². The molecule has 0 saturated heterocycles. The van der Waals surface area contributed by atoms with Crippen molar-refractivity contribution in [3.8, 4) is 22.6 Å². The van der Waals surface area contributed by atoms with Gasteiger partial charge in [0.25, 0.3) is 0 Å². The van der Waals surface area contributed by atoms with Crippen LogP contribution in [0.15, 0.2) is 128 Å². The van der Waals surface area contributed by atoms with Crippen LogP contribution in [-0.2, 0) is 26.6 Å². The molecule has 0 atom stereocenters. The van der Waals surface area contributed by atoms with Crippen molar-refractivity contribution >= 4 is 51.3 Å². The first kappa shape index (κ1) is 34.9. The number of fused-ring (bicyclic) bond motifs is 4. The van der Waals surface area contributed by atoms with Crippen molar-refractivity contribution in [2.45, 2.75) is 59.2 Å². The Labute approximate surface area is 316 Å². The molecule has 0 aliphatic rings. The van der Waals surface area contributed by atoms with E-state index in [4.69, 9.17) is 4.98 Å². The minimum Gasteiger partial charge on any atom is -0.319 e. The zero-order valence-electron chi connectivity index (χ0n) is 30.3. The van der Waals surface area contributed by atoms with E-state index in [-0.39, 0.29) is 26.6 Å². The van der Waals surface area contributed by atoms with Crippen molar-refractivity contribution in [1.29, 1.82) is 0 Å². The summed E-state index contributed by atoms with van der Waals surface area (Å²) in [5, 5.41) is 4.89. The third-order valence-electron chi connectivity index (χ3n) is 10.2. The second-order valence-electron chi connectivity index (χ2n) is 15.2. The standard InChI is InChI=1S/C45H43N4Si.Pt/c1-31(2)36-17-8-9-18-37(36)32-25-26-46-44(27-32)49-40-20-11-10-19-38(40)39-24-23-35(29-43(39)49)50(6,7)34-16-14-15-33(28-34)47-30-48(45(3,4)5)42-22-13-12-21-41(42)47;/h8-27,30-31H,1-7H3;/q-1;. The normalized spacial score (nSPS) is 12.2. The average Bonchev–Trinajstić information content (AvgIpc) is 3.68. The zero-order valence-corrected chi connectivity index (χ0v) is 33.6. The molecule has 0 aliphatic carbocycles. The van der Waals surface area contributed by atoms with Crippen molar-refractivity contribution in [2.75, 3.05) is 0 Å². The predicted molar refractivity (Wildman–Crippen MR) is 213 cm³/mol. The van der Waals surface area contributed by atoms with Crippen molar-refractivity contribution in [2.24, 2.45) is 0 Å². The number of rotatable bonds is 6. The quantitative estimate of drug-likeness (QED) is 0.121. The Morgan fingerprint density at radius 3 is 2.16 bits per heavy atom. The SMILES string of the molecule is CC(C)c1ccccc1-c1ccnc(-n2c3[c-]c([Si](C)(C)c4[c-]c(-n5[cH+]n(C(C)(C)C)c6ccccc65)ccc4)ccc3c3ccccc32)c1.[Pt].